The van der Waals surface area contributed by atoms with Gasteiger partial charge in [0.15, 0.2) is 6.61 Å². The molecule has 2 aromatic rings. The van der Waals surface area contributed by atoms with Gasteiger partial charge in [-0.2, -0.15) is 0 Å². The predicted molar refractivity (Wildman–Crippen MR) is 85.6 cm³/mol. The third-order valence-electron chi connectivity index (χ3n) is 3.32. The van der Waals surface area contributed by atoms with Gasteiger partial charge in [0, 0.05) is 13.1 Å². The van der Waals surface area contributed by atoms with E-state index in [-0.39, 0.29) is 19.1 Å². The second-order valence-electron chi connectivity index (χ2n) is 5.13. The summed E-state index contributed by atoms with van der Waals surface area (Å²) in [6.45, 7) is 2.67. The summed E-state index contributed by atoms with van der Waals surface area (Å²) < 4.78 is 5.51. The molecule has 0 radical (unpaired) electrons. The Hall–Kier alpha value is -2.33. The third kappa shape index (κ3) is 4.90. The second-order valence-corrected chi connectivity index (χ2v) is 5.13. The Kier molecular flexibility index (Phi) is 5.98. The Morgan fingerprint density at radius 2 is 1.77 bits per heavy atom. The van der Waals surface area contributed by atoms with Crippen molar-refractivity contribution in [1.82, 2.24) is 4.90 Å². The Balaban J connectivity index is 1.93. The van der Waals surface area contributed by atoms with E-state index < -0.39 is 0 Å². The molecule has 0 saturated carbocycles. The van der Waals surface area contributed by atoms with Gasteiger partial charge >= 0.3 is 0 Å². The number of carbonyl (C=O) groups is 1. The summed E-state index contributed by atoms with van der Waals surface area (Å²) in [7, 11) is 0. The van der Waals surface area contributed by atoms with Crippen molar-refractivity contribution < 1.29 is 14.6 Å². The number of ether oxygens (including phenoxy) is 1. The lowest BCUT2D eigenvalue weighted by atomic mass is 10.2. The van der Waals surface area contributed by atoms with Gasteiger partial charge < -0.3 is 14.7 Å². The van der Waals surface area contributed by atoms with Crippen molar-refractivity contribution in [2.24, 2.45) is 0 Å². The average Bonchev–Trinajstić information content (AvgIpc) is 2.54. The zero-order chi connectivity index (χ0) is 15.8. The molecule has 2 aromatic carbocycles. The molecule has 22 heavy (non-hydrogen) atoms. The van der Waals surface area contributed by atoms with Gasteiger partial charge in [-0.15, -0.1) is 0 Å². The molecular weight excluding hydrogens is 278 g/mol. The molecule has 0 fully saturated rings. The smallest absolute Gasteiger partial charge is 0.260 e. The van der Waals surface area contributed by atoms with Crippen LogP contribution in [-0.4, -0.2) is 35.7 Å². The molecule has 0 heterocycles. The van der Waals surface area contributed by atoms with E-state index in [2.05, 4.69) is 0 Å². The van der Waals surface area contributed by atoms with Gasteiger partial charge in [-0.25, -0.2) is 0 Å². The van der Waals surface area contributed by atoms with E-state index in [0.717, 1.165) is 11.1 Å². The van der Waals surface area contributed by atoms with Crippen molar-refractivity contribution in [1.29, 1.82) is 0 Å². The zero-order valence-corrected chi connectivity index (χ0v) is 12.7. The standard InChI is InChI=1S/C18H21NO3/c1-15-7-9-17(10-8-15)22-14-18(21)19(11-12-20)13-16-5-3-2-4-6-16/h2-10,20H,11-14H2,1H3. The lowest BCUT2D eigenvalue weighted by Crippen LogP contribution is -2.36. The molecular formula is C18H21NO3. The first-order valence-electron chi connectivity index (χ1n) is 7.31. The normalized spacial score (nSPS) is 10.3. The van der Waals surface area contributed by atoms with Crippen LogP contribution in [0.1, 0.15) is 11.1 Å². The first-order valence-corrected chi connectivity index (χ1v) is 7.31. The van der Waals surface area contributed by atoms with Crippen LogP contribution >= 0.6 is 0 Å². The van der Waals surface area contributed by atoms with E-state index in [4.69, 9.17) is 9.84 Å². The number of carbonyl (C=O) groups excluding carboxylic acids is 1. The molecule has 0 aliphatic rings. The SMILES string of the molecule is Cc1ccc(OCC(=O)N(CCO)Cc2ccccc2)cc1. The van der Waals surface area contributed by atoms with Crippen LogP contribution in [0.25, 0.3) is 0 Å². The van der Waals surface area contributed by atoms with Gasteiger partial charge in [-0.05, 0) is 24.6 Å². The number of hydrogen-bond donors (Lipinski definition) is 1. The van der Waals surface area contributed by atoms with Crippen molar-refractivity contribution in [3.8, 4) is 5.75 Å². The van der Waals surface area contributed by atoms with Gasteiger partial charge in [0.05, 0.1) is 6.61 Å². The molecule has 0 saturated heterocycles. The summed E-state index contributed by atoms with van der Waals surface area (Å²) in [4.78, 5) is 13.9. The van der Waals surface area contributed by atoms with Gasteiger partial charge in [-0.3, -0.25) is 4.79 Å². The van der Waals surface area contributed by atoms with E-state index in [1.165, 1.54) is 0 Å². The summed E-state index contributed by atoms with van der Waals surface area (Å²) in [5.74, 6) is 0.529. The van der Waals surface area contributed by atoms with Crippen LogP contribution in [0.15, 0.2) is 54.6 Å². The Bertz CT molecular complexity index is 581. The molecule has 0 unspecified atom stereocenters. The molecule has 1 amide bonds. The van der Waals surface area contributed by atoms with Crippen LogP contribution in [0.5, 0.6) is 5.75 Å². The monoisotopic (exact) mass is 299 g/mol. The predicted octanol–water partition coefficient (Wildman–Crippen LogP) is 2.39. The number of aryl methyl sites for hydroxylation is 1. The third-order valence-corrected chi connectivity index (χ3v) is 3.32. The van der Waals surface area contributed by atoms with Crippen molar-refractivity contribution in [2.45, 2.75) is 13.5 Å². The highest BCUT2D eigenvalue weighted by atomic mass is 16.5. The molecule has 0 bridgehead atoms. The fourth-order valence-electron chi connectivity index (χ4n) is 2.09. The molecule has 4 heteroatoms. The molecule has 116 valence electrons. The second kappa shape index (κ2) is 8.20. The van der Waals surface area contributed by atoms with Crippen LogP contribution in [0, 0.1) is 6.92 Å². The fraction of sp³-hybridized carbons (Fsp3) is 0.278. The van der Waals surface area contributed by atoms with Crippen LogP contribution in [0.4, 0.5) is 0 Å². The maximum absolute atomic E-state index is 12.3. The highest BCUT2D eigenvalue weighted by Gasteiger charge is 2.14. The Morgan fingerprint density at radius 3 is 2.41 bits per heavy atom. The summed E-state index contributed by atoms with van der Waals surface area (Å²) in [6, 6.07) is 17.3. The van der Waals surface area contributed by atoms with Crippen molar-refractivity contribution in [2.75, 3.05) is 19.8 Å². The lowest BCUT2D eigenvalue weighted by Gasteiger charge is -2.22. The molecule has 0 aliphatic heterocycles. The van der Waals surface area contributed by atoms with Crippen molar-refractivity contribution in [3.63, 3.8) is 0 Å². The molecule has 2 rings (SSSR count). The van der Waals surface area contributed by atoms with Crippen molar-refractivity contribution in [3.05, 3.63) is 65.7 Å². The highest BCUT2D eigenvalue weighted by molar-refractivity contribution is 5.77. The fourth-order valence-corrected chi connectivity index (χ4v) is 2.09. The maximum atomic E-state index is 12.3. The number of amides is 1. The van der Waals surface area contributed by atoms with Gasteiger partial charge in [0.25, 0.3) is 5.91 Å². The minimum Gasteiger partial charge on any atom is -0.484 e. The number of hydrogen-bond acceptors (Lipinski definition) is 3. The lowest BCUT2D eigenvalue weighted by molar-refractivity contribution is -0.134. The quantitative estimate of drug-likeness (QED) is 0.854. The van der Waals surface area contributed by atoms with E-state index >= 15 is 0 Å². The summed E-state index contributed by atoms with van der Waals surface area (Å²) in [5, 5.41) is 9.14. The molecule has 0 atom stereocenters. The number of nitrogens with zero attached hydrogens (tertiary/aromatic N) is 1. The van der Waals surface area contributed by atoms with Gasteiger partial charge in [-0.1, -0.05) is 48.0 Å². The molecule has 1 N–H and O–H groups in total. The van der Waals surface area contributed by atoms with Crippen molar-refractivity contribution >= 4 is 5.91 Å². The summed E-state index contributed by atoms with van der Waals surface area (Å²) in [5.41, 5.74) is 2.17. The largest absolute Gasteiger partial charge is 0.484 e. The Labute approximate surface area is 131 Å². The first kappa shape index (κ1) is 16.0. The average molecular weight is 299 g/mol. The van der Waals surface area contributed by atoms with Crippen LogP contribution in [0.2, 0.25) is 0 Å². The van der Waals surface area contributed by atoms with Crippen LogP contribution < -0.4 is 4.74 Å². The maximum Gasteiger partial charge on any atom is 0.260 e. The minimum absolute atomic E-state index is 0.0319. The summed E-state index contributed by atoms with van der Waals surface area (Å²) >= 11 is 0. The van der Waals surface area contributed by atoms with Crippen LogP contribution in [0.3, 0.4) is 0 Å². The van der Waals surface area contributed by atoms with Gasteiger partial charge in [0.1, 0.15) is 5.75 Å². The van der Waals surface area contributed by atoms with E-state index in [9.17, 15) is 4.79 Å². The van der Waals surface area contributed by atoms with Crippen LogP contribution in [-0.2, 0) is 11.3 Å². The van der Waals surface area contributed by atoms with Gasteiger partial charge in [0.2, 0.25) is 0 Å². The molecule has 0 aliphatic carbocycles. The topological polar surface area (TPSA) is 49.8 Å². The highest BCUT2D eigenvalue weighted by Crippen LogP contribution is 2.12. The zero-order valence-electron chi connectivity index (χ0n) is 12.7. The molecule has 4 nitrogen and oxygen atoms in total. The molecule has 0 aromatic heterocycles. The minimum atomic E-state index is -0.140. The molecule has 0 spiro atoms. The Morgan fingerprint density at radius 1 is 1.09 bits per heavy atom. The number of benzene rings is 2. The number of aliphatic hydroxyl groups excluding tert-OH is 1. The number of rotatable bonds is 7. The number of aliphatic hydroxyl groups is 1. The summed E-state index contributed by atoms with van der Waals surface area (Å²) in [6.07, 6.45) is 0. The van der Waals surface area contributed by atoms with E-state index in [0.29, 0.717) is 18.8 Å². The van der Waals surface area contributed by atoms with E-state index in [1.807, 2.05) is 61.5 Å². The first-order chi connectivity index (χ1) is 10.7. The van der Waals surface area contributed by atoms with E-state index in [1.54, 1.807) is 4.90 Å².